The van der Waals surface area contributed by atoms with Crippen molar-refractivity contribution in [1.29, 1.82) is 0 Å². The molecular weight excluding hydrogens is 303 g/mol. The molecule has 2 nitrogen and oxygen atoms in total. The van der Waals surface area contributed by atoms with E-state index in [1.807, 2.05) is 96.1 Å². The van der Waals surface area contributed by atoms with Crippen LogP contribution in [0.25, 0.3) is 11.1 Å². The Morgan fingerprint density at radius 3 is 1.57 bits per heavy atom. The van der Waals surface area contributed by atoms with Gasteiger partial charge >= 0.3 is 140 Å². The summed E-state index contributed by atoms with van der Waals surface area (Å²) in [5.41, 5.74) is 1.91. The third-order valence-corrected chi connectivity index (χ3v) is 11.4. The van der Waals surface area contributed by atoms with Gasteiger partial charge in [-0.2, -0.15) is 0 Å². The van der Waals surface area contributed by atoms with Crippen molar-refractivity contribution in [2.24, 2.45) is 0 Å². The van der Waals surface area contributed by atoms with E-state index in [0.29, 0.717) is 5.30 Å². The molecule has 3 heteroatoms. The Labute approximate surface area is 140 Å². The van der Waals surface area contributed by atoms with Crippen molar-refractivity contribution < 1.29 is 9.79 Å². The van der Waals surface area contributed by atoms with Crippen LogP contribution < -0.4 is 5.30 Å². The van der Waals surface area contributed by atoms with Crippen LogP contribution in [-0.2, 0) is 0 Å². The molecule has 0 saturated carbocycles. The van der Waals surface area contributed by atoms with Crippen LogP contribution in [0.4, 0.5) is 0 Å². The van der Waals surface area contributed by atoms with Crippen molar-refractivity contribution in [3.63, 3.8) is 0 Å². The van der Waals surface area contributed by atoms with Gasteiger partial charge in [-0.3, -0.25) is 0 Å². The normalized spacial score (nSPS) is 15.0. The van der Waals surface area contributed by atoms with E-state index in [4.69, 9.17) is 0 Å². The first-order valence-corrected chi connectivity index (χ1v) is 10.2. The number of hydrogen-bond donors (Lipinski definition) is 2. The molecule has 0 saturated heterocycles. The van der Waals surface area contributed by atoms with Crippen molar-refractivity contribution in [2.45, 2.75) is 51.9 Å². The molecule has 0 spiro atoms. The summed E-state index contributed by atoms with van der Waals surface area (Å²) in [6, 6.07) is 17.7. The summed E-state index contributed by atoms with van der Waals surface area (Å²) >= 11 is 0. The molecule has 0 unspecified atom stereocenters. The monoisotopic (exact) mass is 332 g/mol. The zero-order chi connectivity index (χ0) is 17.5. The molecule has 0 aliphatic rings. The maximum atomic E-state index is 11.9. The first-order chi connectivity index (χ1) is 10.4. The van der Waals surface area contributed by atoms with E-state index in [1.165, 1.54) is 0 Å². The molecule has 2 aromatic rings. The van der Waals surface area contributed by atoms with Gasteiger partial charge in [0, 0.05) is 0 Å². The molecule has 0 aromatic heterocycles. The molecule has 126 valence electrons. The second kappa shape index (κ2) is 5.41. The standard InChI is InChI=1S/C20H29O2P/c1-19(2,3)23(21,22,20(4,5)6)18-15-11-10-14-17(18)16-12-8-7-9-13-16/h7-15,21-22H,1-6H3. The zero-order valence-electron chi connectivity index (χ0n) is 15.0. The fraction of sp³-hybridized carbons (Fsp3) is 0.400. The van der Waals surface area contributed by atoms with Crippen LogP contribution in [-0.4, -0.2) is 20.1 Å². The molecule has 0 aliphatic heterocycles. The number of hydrogen-bond acceptors (Lipinski definition) is 2. The van der Waals surface area contributed by atoms with Gasteiger partial charge in [0.2, 0.25) is 0 Å². The topological polar surface area (TPSA) is 40.5 Å². The maximum absolute atomic E-state index is 11.9. The van der Waals surface area contributed by atoms with Crippen LogP contribution in [0, 0.1) is 0 Å². The predicted molar refractivity (Wildman–Crippen MR) is 102 cm³/mol. The van der Waals surface area contributed by atoms with Crippen molar-refractivity contribution in [1.82, 2.24) is 0 Å². The average molecular weight is 332 g/mol. The molecule has 2 N–H and O–H groups in total. The van der Waals surface area contributed by atoms with Crippen molar-refractivity contribution in [3.05, 3.63) is 54.6 Å². The molecule has 0 heterocycles. The molecule has 23 heavy (non-hydrogen) atoms. The molecule has 0 fully saturated rings. The predicted octanol–water partition coefficient (Wildman–Crippen LogP) is 4.94. The van der Waals surface area contributed by atoms with E-state index in [2.05, 4.69) is 0 Å². The minimum atomic E-state index is -4.26. The Morgan fingerprint density at radius 2 is 1.09 bits per heavy atom. The van der Waals surface area contributed by atoms with Crippen LogP contribution in [0.3, 0.4) is 0 Å². The summed E-state index contributed by atoms with van der Waals surface area (Å²) in [7, 11) is -4.26. The van der Waals surface area contributed by atoms with Crippen LogP contribution in [0.5, 0.6) is 0 Å². The summed E-state index contributed by atoms with van der Waals surface area (Å²) in [4.78, 5) is 23.9. The molecule has 0 aliphatic carbocycles. The molecule has 0 amide bonds. The quantitative estimate of drug-likeness (QED) is 0.764. The van der Waals surface area contributed by atoms with E-state index >= 15 is 0 Å². The van der Waals surface area contributed by atoms with Crippen LogP contribution in [0.1, 0.15) is 41.5 Å². The summed E-state index contributed by atoms with van der Waals surface area (Å²) in [5, 5.41) is -0.645. The summed E-state index contributed by atoms with van der Waals surface area (Å²) in [5.74, 6) is 0. The second-order valence-corrected chi connectivity index (χ2v) is 13.5. The van der Waals surface area contributed by atoms with Crippen molar-refractivity contribution in [2.75, 3.05) is 0 Å². The van der Waals surface area contributed by atoms with E-state index in [0.717, 1.165) is 11.1 Å². The fourth-order valence-electron chi connectivity index (χ4n) is 3.43. The van der Waals surface area contributed by atoms with Gasteiger partial charge in [0.1, 0.15) is 0 Å². The van der Waals surface area contributed by atoms with Gasteiger partial charge in [0.05, 0.1) is 0 Å². The van der Waals surface area contributed by atoms with Gasteiger partial charge in [-0.05, 0) is 0 Å². The zero-order valence-corrected chi connectivity index (χ0v) is 15.9. The Kier molecular flexibility index (Phi) is 4.27. The first-order valence-electron chi connectivity index (χ1n) is 8.06. The van der Waals surface area contributed by atoms with Crippen LogP contribution in [0.15, 0.2) is 54.6 Å². The van der Waals surface area contributed by atoms with E-state index in [-0.39, 0.29) is 0 Å². The molecule has 0 bridgehead atoms. The van der Waals surface area contributed by atoms with Gasteiger partial charge in [0.25, 0.3) is 0 Å². The van der Waals surface area contributed by atoms with Crippen molar-refractivity contribution >= 4 is 12.4 Å². The van der Waals surface area contributed by atoms with E-state index < -0.39 is 17.4 Å². The molecule has 0 atom stereocenters. The van der Waals surface area contributed by atoms with Gasteiger partial charge in [-0.15, -0.1) is 0 Å². The fourth-order valence-corrected chi connectivity index (χ4v) is 7.92. The Morgan fingerprint density at radius 1 is 0.652 bits per heavy atom. The third-order valence-electron chi connectivity index (χ3n) is 4.99. The summed E-state index contributed by atoms with van der Waals surface area (Å²) in [6.45, 7) is 11.6. The summed E-state index contributed by atoms with van der Waals surface area (Å²) < 4.78 is 0. The first kappa shape index (κ1) is 18.1. The number of benzene rings is 2. The molecule has 0 radical (unpaired) electrons. The van der Waals surface area contributed by atoms with E-state index in [9.17, 15) is 9.79 Å². The van der Waals surface area contributed by atoms with Gasteiger partial charge in [-0.1, -0.05) is 0 Å². The molecule has 2 aromatic carbocycles. The Hall–Kier alpha value is -1.21. The number of rotatable bonds is 2. The third kappa shape index (κ3) is 2.54. The van der Waals surface area contributed by atoms with Crippen LogP contribution in [0.2, 0.25) is 0 Å². The van der Waals surface area contributed by atoms with Crippen LogP contribution >= 0.6 is 7.06 Å². The van der Waals surface area contributed by atoms with Gasteiger partial charge in [0.15, 0.2) is 0 Å². The van der Waals surface area contributed by atoms with Gasteiger partial charge < -0.3 is 0 Å². The summed E-state index contributed by atoms with van der Waals surface area (Å²) in [6.07, 6.45) is 0. The SMILES string of the molecule is CC(C)(C)P(O)(O)(c1ccccc1-c1ccccc1)C(C)(C)C. The molecular formula is C20H29O2P. The minimum absolute atomic E-state index is 0.658. The van der Waals surface area contributed by atoms with Gasteiger partial charge in [-0.25, -0.2) is 0 Å². The Balaban J connectivity index is 2.89. The van der Waals surface area contributed by atoms with E-state index in [1.54, 1.807) is 0 Å². The van der Waals surface area contributed by atoms with Crippen molar-refractivity contribution in [3.8, 4) is 11.1 Å². The Bertz CT molecular complexity index is 674. The average Bonchev–Trinajstić information content (AvgIpc) is 2.46. The molecule has 2 rings (SSSR count). The second-order valence-electron chi connectivity index (χ2n) is 8.25.